The SMILES string of the molecule is CC(CCC(=O)OC(C)(C)C)C(N)=O.CCc1cc(CBr)cnc1C(=O)C(C)C. The van der Waals surface area contributed by atoms with Gasteiger partial charge in [0.25, 0.3) is 0 Å². The van der Waals surface area contributed by atoms with Gasteiger partial charge in [-0.1, -0.05) is 49.7 Å². The average Bonchev–Trinajstić information content (AvgIpc) is 2.63. The molecule has 0 bridgehead atoms. The van der Waals surface area contributed by atoms with Crippen LogP contribution in [-0.4, -0.2) is 28.2 Å². The Balaban J connectivity index is 0.000000543. The summed E-state index contributed by atoms with van der Waals surface area (Å²) >= 11 is 3.39. The third-order valence-electron chi connectivity index (χ3n) is 4.00. The van der Waals surface area contributed by atoms with Crippen LogP contribution in [0.15, 0.2) is 12.3 Å². The molecule has 1 aromatic heterocycles. The summed E-state index contributed by atoms with van der Waals surface area (Å²) in [6.07, 6.45) is 3.30. The minimum Gasteiger partial charge on any atom is -0.460 e. The number of hydrogen-bond donors (Lipinski definition) is 1. The van der Waals surface area contributed by atoms with Gasteiger partial charge >= 0.3 is 5.97 Å². The number of nitrogens with two attached hydrogens (primary N) is 1. The second-order valence-electron chi connectivity index (χ2n) is 8.29. The quantitative estimate of drug-likeness (QED) is 0.339. The lowest BCUT2D eigenvalue weighted by Crippen LogP contribution is -2.25. The fourth-order valence-electron chi connectivity index (χ4n) is 2.27. The largest absolute Gasteiger partial charge is 0.460 e. The molecule has 0 spiro atoms. The van der Waals surface area contributed by atoms with E-state index in [9.17, 15) is 14.4 Å². The number of carbonyl (C=O) groups is 3. The number of alkyl halides is 1. The molecule has 0 fully saturated rings. The van der Waals surface area contributed by atoms with Crippen LogP contribution in [0.3, 0.4) is 0 Å². The van der Waals surface area contributed by atoms with Gasteiger partial charge in [0.2, 0.25) is 5.91 Å². The van der Waals surface area contributed by atoms with Crippen molar-refractivity contribution in [2.45, 2.75) is 78.7 Å². The van der Waals surface area contributed by atoms with Crippen LogP contribution < -0.4 is 5.73 Å². The molecule has 6 nitrogen and oxygen atoms in total. The number of primary amides is 1. The van der Waals surface area contributed by atoms with Gasteiger partial charge in [-0.3, -0.25) is 19.4 Å². The van der Waals surface area contributed by atoms with Crippen LogP contribution in [0.5, 0.6) is 0 Å². The first-order valence-corrected chi connectivity index (χ1v) is 11.0. The molecule has 0 radical (unpaired) electrons. The molecule has 0 aromatic carbocycles. The molecule has 1 heterocycles. The smallest absolute Gasteiger partial charge is 0.306 e. The van der Waals surface area contributed by atoms with Gasteiger partial charge in [-0.2, -0.15) is 0 Å². The molecule has 1 amide bonds. The van der Waals surface area contributed by atoms with Crippen molar-refractivity contribution in [2.24, 2.45) is 17.6 Å². The molecule has 7 heteroatoms. The second-order valence-corrected chi connectivity index (χ2v) is 8.85. The van der Waals surface area contributed by atoms with Crippen LogP contribution >= 0.6 is 15.9 Å². The Morgan fingerprint density at radius 3 is 2.21 bits per heavy atom. The van der Waals surface area contributed by atoms with Crippen molar-refractivity contribution in [1.29, 1.82) is 0 Å². The van der Waals surface area contributed by atoms with Gasteiger partial charge in [0.15, 0.2) is 5.78 Å². The highest BCUT2D eigenvalue weighted by Crippen LogP contribution is 2.16. The Bertz CT molecular complexity index is 697. The molecule has 1 aromatic rings. The molecular weight excluding hydrogens is 436 g/mol. The number of hydrogen-bond acceptors (Lipinski definition) is 5. The molecule has 2 N–H and O–H groups in total. The van der Waals surface area contributed by atoms with Crippen LogP contribution in [0, 0.1) is 11.8 Å². The summed E-state index contributed by atoms with van der Waals surface area (Å²) in [5, 5.41) is 0.781. The molecule has 0 aliphatic rings. The molecule has 29 heavy (non-hydrogen) atoms. The number of nitrogens with zero attached hydrogens (tertiary/aromatic N) is 1. The summed E-state index contributed by atoms with van der Waals surface area (Å²) in [6, 6.07) is 2.05. The van der Waals surface area contributed by atoms with Crippen molar-refractivity contribution in [1.82, 2.24) is 4.98 Å². The lowest BCUT2D eigenvalue weighted by atomic mass is 9.99. The Morgan fingerprint density at radius 1 is 1.21 bits per heavy atom. The number of aryl methyl sites for hydroxylation is 1. The van der Waals surface area contributed by atoms with Gasteiger partial charge < -0.3 is 10.5 Å². The first-order chi connectivity index (χ1) is 13.3. The molecule has 0 saturated carbocycles. The molecule has 1 rings (SSSR count). The Labute approximate surface area is 183 Å². The van der Waals surface area contributed by atoms with E-state index in [0.29, 0.717) is 12.1 Å². The average molecular weight is 471 g/mol. The number of halogens is 1. The van der Waals surface area contributed by atoms with Crippen LogP contribution in [-0.2, 0) is 26.1 Å². The van der Waals surface area contributed by atoms with Gasteiger partial charge in [-0.05, 0) is 44.7 Å². The number of esters is 1. The van der Waals surface area contributed by atoms with Crippen molar-refractivity contribution in [3.05, 3.63) is 29.1 Å². The first-order valence-electron chi connectivity index (χ1n) is 9.91. The van der Waals surface area contributed by atoms with E-state index >= 15 is 0 Å². The third-order valence-corrected chi connectivity index (χ3v) is 4.65. The number of aromatic nitrogens is 1. The van der Waals surface area contributed by atoms with E-state index in [1.54, 1.807) is 13.1 Å². The zero-order valence-electron chi connectivity index (χ0n) is 18.7. The first kappa shape index (κ1) is 27.2. The van der Waals surface area contributed by atoms with Gasteiger partial charge in [-0.25, -0.2) is 0 Å². The van der Waals surface area contributed by atoms with Crippen LogP contribution in [0.2, 0.25) is 0 Å². The van der Waals surface area contributed by atoms with Gasteiger partial charge in [0, 0.05) is 29.8 Å². The summed E-state index contributed by atoms with van der Waals surface area (Å²) in [5.74, 6) is -0.799. The standard InChI is InChI=1S/C12H16BrNO.C10H19NO3/c1-4-10-5-9(6-13)7-14-11(10)12(15)8(2)3;1-7(9(11)13)5-6-8(12)14-10(2,3)4/h5,7-8H,4,6H2,1-3H3;7H,5-6H2,1-4H3,(H2,11,13). The number of ether oxygens (including phenoxy) is 1. The molecule has 0 aliphatic carbocycles. The fourth-order valence-corrected chi connectivity index (χ4v) is 2.57. The number of pyridine rings is 1. The van der Waals surface area contributed by atoms with Crippen molar-refractivity contribution in [2.75, 3.05) is 0 Å². The Hall–Kier alpha value is -1.76. The van der Waals surface area contributed by atoms with Gasteiger partial charge in [0.05, 0.1) is 0 Å². The summed E-state index contributed by atoms with van der Waals surface area (Å²) in [7, 11) is 0. The summed E-state index contributed by atoms with van der Waals surface area (Å²) < 4.78 is 5.08. The molecule has 0 aliphatic heterocycles. The lowest BCUT2D eigenvalue weighted by molar-refractivity contribution is -0.155. The Morgan fingerprint density at radius 2 is 1.79 bits per heavy atom. The number of Topliss-reactive ketones (excluding diaryl/α,β-unsaturated/α-hetero) is 1. The number of amides is 1. The van der Waals surface area contributed by atoms with E-state index in [4.69, 9.17) is 10.5 Å². The fraction of sp³-hybridized carbons (Fsp3) is 0.636. The van der Waals surface area contributed by atoms with Crippen molar-refractivity contribution in [3.8, 4) is 0 Å². The maximum atomic E-state index is 11.8. The second kappa shape index (κ2) is 12.7. The highest BCUT2D eigenvalue weighted by molar-refractivity contribution is 9.08. The van der Waals surface area contributed by atoms with E-state index in [0.717, 1.165) is 22.9 Å². The molecular formula is C22H35BrN2O4. The molecule has 1 atom stereocenters. The van der Waals surface area contributed by atoms with E-state index in [1.165, 1.54) is 0 Å². The van der Waals surface area contributed by atoms with E-state index in [1.807, 2.05) is 41.5 Å². The Kier molecular flexibility index (Phi) is 12.0. The number of ketones is 1. The zero-order valence-corrected chi connectivity index (χ0v) is 20.3. The monoisotopic (exact) mass is 470 g/mol. The topological polar surface area (TPSA) is 99.3 Å². The number of rotatable bonds is 8. The van der Waals surface area contributed by atoms with Crippen LogP contribution in [0.25, 0.3) is 0 Å². The van der Waals surface area contributed by atoms with Crippen molar-refractivity contribution < 1.29 is 19.1 Å². The minimum absolute atomic E-state index is 0.0117. The maximum absolute atomic E-state index is 11.8. The van der Waals surface area contributed by atoms with Crippen molar-refractivity contribution in [3.63, 3.8) is 0 Å². The predicted octanol–water partition coefficient (Wildman–Crippen LogP) is 4.61. The van der Waals surface area contributed by atoms with Crippen LogP contribution in [0.1, 0.15) is 82.9 Å². The molecule has 1 unspecified atom stereocenters. The van der Waals surface area contributed by atoms with Gasteiger partial charge in [-0.15, -0.1) is 0 Å². The number of carbonyl (C=O) groups excluding carboxylic acids is 3. The predicted molar refractivity (Wildman–Crippen MR) is 119 cm³/mol. The van der Waals surface area contributed by atoms with Crippen LogP contribution in [0.4, 0.5) is 0 Å². The zero-order chi connectivity index (χ0) is 22.8. The van der Waals surface area contributed by atoms with E-state index in [-0.39, 0.29) is 35.9 Å². The third kappa shape index (κ3) is 11.1. The highest BCUT2D eigenvalue weighted by Gasteiger charge is 2.18. The highest BCUT2D eigenvalue weighted by atomic mass is 79.9. The van der Waals surface area contributed by atoms with E-state index in [2.05, 4.69) is 27.0 Å². The van der Waals surface area contributed by atoms with Gasteiger partial charge in [0.1, 0.15) is 11.3 Å². The summed E-state index contributed by atoms with van der Waals surface area (Å²) in [4.78, 5) is 38.0. The summed E-state index contributed by atoms with van der Waals surface area (Å²) in [6.45, 7) is 13.0. The molecule has 0 saturated heterocycles. The lowest BCUT2D eigenvalue weighted by Gasteiger charge is -2.19. The maximum Gasteiger partial charge on any atom is 0.306 e. The molecule has 164 valence electrons. The van der Waals surface area contributed by atoms with Crippen molar-refractivity contribution >= 4 is 33.6 Å². The normalized spacial score (nSPS) is 12.0. The van der Waals surface area contributed by atoms with E-state index < -0.39 is 5.60 Å². The summed E-state index contributed by atoms with van der Waals surface area (Å²) in [5.41, 5.74) is 7.39. The minimum atomic E-state index is -0.465.